The Morgan fingerprint density at radius 2 is 1.58 bits per heavy atom. The maximum absolute atomic E-state index is 12.3. The molecule has 0 aromatic heterocycles. The van der Waals surface area contributed by atoms with E-state index in [1.807, 2.05) is 25.1 Å². The van der Waals surface area contributed by atoms with Crippen molar-refractivity contribution in [3.8, 4) is 11.5 Å². The third-order valence-corrected chi connectivity index (χ3v) is 4.47. The van der Waals surface area contributed by atoms with Gasteiger partial charge in [-0.2, -0.15) is 5.10 Å². The van der Waals surface area contributed by atoms with Gasteiger partial charge in [-0.15, -0.1) is 0 Å². The molecule has 0 atom stereocenters. The molecule has 0 saturated heterocycles. The van der Waals surface area contributed by atoms with Crippen LogP contribution in [0.5, 0.6) is 11.5 Å². The standard InChI is InChI=1S/C24H23N3O4/c1-16-5-4-6-19(13-16)23(28)26-20-10-8-18(9-11-20)24(29)27-25-15-17-7-12-21(30-2)22(14-17)31-3/h4-15H,1-3H3,(H,26,28)(H,27,29). The topological polar surface area (TPSA) is 89.0 Å². The minimum absolute atomic E-state index is 0.208. The van der Waals surface area contributed by atoms with E-state index >= 15 is 0 Å². The molecule has 0 aliphatic carbocycles. The van der Waals surface area contributed by atoms with Gasteiger partial charge < -0.3 is 14.8 Å². The minimum Gasteiger partial charge on any atom is -0.493 e. The van der Waals surface area contributed by atoms with Crippen LogP contribution in [0.2, 0.25) is 0 Å². The van der Waals surface area contributed by atoms with Crippen molar-refractivity contribution in [1.29, 1.82) is 0 Å². The monoisotopic (exact) mass is 417 g/mol. The summed E-state index contributed by atoms with van der Waals surface area (Å²) in [4.78, 5) is 24.6. The number of nitrogens with zero attached hydrogens (tertiary/aromatic N) is 1. The molecule has 0 spiro atoms. The third kappa shape index (κ3) is 5.70. The van der Waals surface area contributed by atoms with Gasteiger partial charge in [-0.3, -0.25) is 9.59 Å². The van der Waals surface area contributed by atoms with Gasteiger partial charge in [-0.1, -0.05) is 17.7 Å². The van der Waals surface area contributed by atoms with Crippen LogP contribution in [0.25, 0.3) is 0 Å². The van der Waals surface area contributed by atoms with Gasteiger partial charge in [-0.05, 0) is 67.1 Å². The Morgan fingerprint density at radius 3 is 2.26 bits per heavy atom. The highest BCUT2D eigenvalue weighted by molar-refractivity contribution is 6.04. The molecule has 2 amide bonds. The number of methoxy groups -OCH3 is 2. The normalized spacial score (nSPS) is 10.5. The van der Waals surface area contributed by atoms with Gasteiger partial charge in [0.15, 0.2) is 11.5 Å². The molecule has 3 aromatic rings. The largest absolute Gasteiger partial charge is 0.493 e. The first-order valence-electron chi connectivity index (χ1n) is 9.53. The average molecular weight is 417 g/mol. The SMILES string of the molecule is COc1ccc(C=NNC(=O)c2ccc(NC(=O)c3cccc(C)c3)cc2)cc1OC. The number of aryl methyl sites for hydroxylation is 1. The van der Waals surface area contributed by atoms with E-state index in [0.29, 0.717) is 28.3 Å². The second-order valence-electron chi connectivity index (χ2n) is 6.71. The number of hydrogen-bond donors (Lipinski definition) is 2. The molecule has 0 fully saturated rings. The molecule has 0 heterocycles. The van der Waals surface area contributed by atoms with Gasteiger partial charge in [0.25, 0.3) is 11.8 Å². The smallest absolute Gasteiger partial charge is 0.271 e. The van der Waals surface area contributed by atoms with Crippen molar-refractivity contribution in [2.24, 2.45) is 5.10 Å². The number of anilines is 1. The molecule has 0 aliphatic heterocycles. The Bertz CT molecular complexity index is 1110. The second-order valence-corrected chi connectivity index (χ2v) is 6.71. The Hall–Kier alpha value is -4.13. The van der Waals surface area contributed by atoms with E-state index in [1.54, 1.807) is 62.8 Å². The molecule has 158 valence electrons. The Morgan fingerprint density at radius 1 is 0.839 bits per heavy atom. The maximum atomic E-state index is 12.3. The van der Waals surface area contributed by atoms with Crippen LogP contribution in [0.15, 0.2) is 71.8 Å². The van der Waals surface area contributed by atoms with Crippen LogP contribution in [0, 0.1) is 6.92 Å². The Balaban J connectivity index is 1.59. The summed E-state index contributed by atoms with van der Waals surface area (Å²) in [6.07, 6.45) is 1.51. The first-order valence-corrected chi connectivity index (χ1v) is 9.53. The first-order chi connectivity index (χ1) is 15.0. The second kappa shape index (κ2) is 10.1. The zero-order chi connectivity index (χ0) is 22.2. The molecule has 31 heavy (non-hydrogen) atoms. The summed E-state index contributed by atoms with van der Waals surface area (Å²) in [6, 6.07) is 19.2. The first kappa shape index (κ1) is 21.6. The lowest BCUT2D eigenvalue weighted by molar-refractivity contribution is 0.0954. The molecule has 7 nitrogen and oxygen atoms in total. The molecule has 2 N–H and O–H groups in total. The van der Waals surface area contributed by atoms with Crippen molar-refractivity contribution in [3.63, 3.8) is 0 Å². The van der Waals surface area contributed by atoms with E-state index in [2.05, 4.69) is 15.8 Å². The molecular formula is C24H23N3O4. The molecule has 0 unspecified atom stereocenters. The lowest BCUT2D eigenvalue weighted by atomic mass is 10.1. The molecule has 7 heteroatoms. The van der Waals surface area contributed by atoms with Crippen LogP contribution in [0.3, 0.4) is 0 Å². The zero-order valence-corrected chi connectivity index (χ0v) is 17.5. The number of rotatable bonds is 7. The van der Waals surface area contributed by atoms with E-state index in [4.69, 9.17) is 9.47 Å². The molecule has 3 aromatic carbocycles. The van der Waals surface area contributed by atoms with Crippen LogP contribution in [0.1, 0.15) is 31.8 Å². The summed E-state index contributed by atoms with van der Waals surface area (Å²) >= 11 is 0. The van der Waals surface area contributed by atoms with Crippen LogP contribution in [-0.4, -0.2) is 32.2 Å². The van der Waals surface area contributed by atoms with Crippen LogP contribution in [0.4, 0.5) is 5.69 Å². The van der Waals surface area contributed by atoms with Crippen molar-refractivity contribution in [2.75, 3.05) is 19.5 Å². The van der Waals surface area contributed by atoms with E-state index in [9.17, 15) is 9.59 Å². The van der Waals surface area contributed by atoms with Gasteiger partial charge in [0.1, 0.15) is 0 Å². The molecule has 0 radical (unpaired) electrons. The molecule has 0 saturated carbocycles. The lowest BCUT2D eigenvalue weighted by Crippen LogP contribution is -2.18. The Kier molecular flexibility index (Phi) is 7.01. The number of hydrogen-bond acceptors (Lipinski definition) is 5. The summed E-state index contributed by atoms with van der Waals surface area (Å²) in [6.45, 7) is 1.93. The molecule has 0 aliphatic rings. The number of ether oxygens (including phenoxy) is 2. The maximum Gasteiger partial charge on any atom is 0.271 e. The van der Waals surface area contributed by atoms with Gasteiger partial charge in [0.05, 0.1) is 20.4 Å². The van der Waals surface area contributed by atoms with Crippen molar-refractivity contribution < 1.29 is 19.1 Å². The summed E-state index contributed by atoms with van der Waals surface area (Å²) in [5, 5.41) is 6.79. The quantitative estimate of drug-likeness (QED) is 0.449. The highest BCUT2D eigenvalue weighted by Crippen LogP contribution is 2.26. The van der Waals surface area contributed by atoms with Crippen molar-refractivity contribution in [2.45, 2.75) is 6.92 Å². The zero-order valence-electron chi connectivity index (χ0n) is 17.5. The highest BCUT2D eigenvalue weighted by atomic mass is 16.5. The number of hydrazone groups is 1. The fourth-order valence-corrected chi connectivity index (χ4v) is 2.86. The fourth-order valence-electron chi connectivity index (χ4n) is 2.86. The van der Waals surface area contributed by atoms with Gasteiger partial charge in [0, 0.05) is 16.8 Å². The number of nitrogens with one attached hydrogen (secondary N) is 2. The summed E-state index contributed by atoms with van der Waals surface area (Å²) in [5.41, 5.74) is 5.81. The van der Waals surface area contributed by atoms with E-state index in [0.717, 1.165) is 11.1 Å². The van der Waals surface area contributed by atoms with E-state index < -0.39 is 0 Å². The molecular weight excluding hydrogens is 394 g/mol. The van der Waals surface area contributed by atoms with Crippen molar-refractivity contribution in [3.05, 3.63) is 89.0 Å². The van der Waals surface area contributed by atoms with Crippen LogP contribution < -0.4 is 20.2 Å². The summed E-state index contributed by atoms with van der Waals surface area (Å²) in [7, 11) is 3.11. The summed E-state index contributed by atoms with van der Waals surface area (Å²) in [5.74, 6) is 0.605. The van der Waals surface area contributed by atoms with Gasteiger partial charge >= 0.3 is 0 Å². The molecule has 3 rings (SSSR count). The minimum atomic E-state index is -0.367. The number of amides is 2. The van der Waals surface area contributed by atoms with Crippen LogP contribution >= 0.6 is 0 Å². The average Bonchev–Trinajstić information content (AvgIpc) is 2.79. The molecule has 0 bridgehead atoms. The van der Waals surface area contributed by atoms with Crippen LogP contribution in [-0.2, 0) is 0 Å². The third-order valence-electron chi connectivity index (χ3n) is 4.47. The van der Waals surface area contributed by atoms with E-state index in [-0.39, 0.29) is 11.8 Å². The predicted octanol–water partition coefficient (Wildman–Crippen LogP) is 4.03. The highest BCUT2D eigenvalue weighted by Gasteiger charge is 2.08. The fraction of sp³-hybridized carbons (Fsp3) is 0.125. The van der Waals surface area contributed by atoms with Crippen molar-refractivity contribution >= 4 is 23.7 Å². The van der Waals surface area contributed by atoms with E-state index in [1.165, 1.54) is 6.21 Å². The summed E-state index contributed by atoms with van der Waals surface area (Å²) < 4.78 is 10.4. The number of carbonyl (C=O) groups excluding carboxylic acids is 2. The Labute approximate surface area is 180 Å². The predicted molar refractivity (Wildman–Crippen MR) is 120 cm³/mol. The van der Waals surface area contributed by atoms with Gasteiger partial charge in [0.2, 0.25) is 0 Å². The van der Waals surface area contributed by atoms with Crippen molar-refractivity contribution in [1.82, 2.24) is 5.43 Å². The van der Waals surface area contributed by atoms with Gasteiger partial charge in [-0.25, -0.2) is 5.43 Å². The number of benzene rings is 3. The lowest BCUT2D eigenvalue weighted by Gasteiger charge is -2.07. The number of carbonyl (C=O) groups is 2.